The molecule has 6 heteroatoms. The molecule has 0 radical (unpaired) electrons. The number of ether oxygens (including phenoxy) is 1. The van der Waals surface area contributed by atoms with E-state index in [1.54, 1.807) is 54.4 Å². The maximum absolute atomic E-state index is 12.9. The monoisotopic (exact) mass is 325 g/mol. The second kappa shape index (κ2) is 7.14. The fraction of sp³-hybridized carbons (Fsp3) is 0.222. The van der Waals surface area contributed by atoms with Gasteiger partial charge in [0.2, 0.25) is 0 Å². The lowest BCUT2D eigenvalue weighted by molar-refractivity contribution is 0.415. The predicted octanol–water partition coefficient (Wildman–Crippen LogP) is 2.52. The molecule has 6 nitrogen and oxygen atoms in total. The molecule has 0 aliphatic carbocycles. The van der Waals surface area contributed by atoms with Crippen LogP contribution in [0.5, 0.6) is 5.75 Å². The topological polar surface area (TPSA) is 83.3 Å². The average Bonchev–Trinajstić information content (AvgIpc) is 3.12. The third-order valence-corrected chi connectivity index (χ3v) is 3.72. The van der Waals surface area contributed by atoms with Gasteiger partial charge in [0, 0.05) is 6.54 Å². The summed E-state index contributed by atoms with van der Waals surface area (Å²) in [6.07, 6.45) is 5.86. The Balaban J connectivity index is 2.13. The van der Waals surface area contributed by atoms with Crippen molar-refractivity contribution in [1.29, 1.82) is 0 Å². The molecule has 0 aliphatic heterocycles. The van der Waals surface area contributed by atoms with Gasteiger partial charge in [-0.3, -0.25) is 9.36 Å². The molecule has 0 saturated carbocycles. The molecule has 2 N–H and O–H groups in total. The highest BCUT2D eigenvalue weighted by molar-refractivity contribution is 5.80. The average molecular weight is 325 g/mol. The van der Waals surface area contributed by atoms with Crippen LogP contribution in [0.2, 0.25) is 0 Å². The van der Waals surface area contributed by atoms with E-state index in [0.29, 0.717) is 47.7 Å². The van der Waals surface area contributed by atoms with Crippen LogP contribution in [0.25, 0.3) is 23.1 Å². The number of hydrogen-bond acceptors (Lipinski definition) is 5. The zero-order valence-corrected chi connectivity index (χ0v) is 13.4. The van der Waals surface area contributed by atoms with Gasteiger partial charge in [-0.25, -0.2) is 4.98 Å². The summed E-state index contributed by atoms with van der Waals surface area (Å²) in [7, 11) is 1.57. The standard InChI is InChI=1S/C18H19N3O3/c1-23-14-5-7-16-15(12-14)18(22)21(10-3-9-19)17(20-16)8-6-13-4-2-11-24-13/h2,4-8,11-12H,3,9-10,19H2,1H3. The highest BCUT2D eigenvalue weighted by Gasteiger charge is 2.10. The molecule has 124 valence electrons. The quantitative estimate of drug-likeness (QED) is 0.753. The smallest absolute Gasteiger partial charge is 0.261 e. The first kappa shape index (κ1) is 16.0. The van der Waals surface area contributed by atoms with Crippen molar-refractivity contribution < 1.29 is 9.15 Å². The molecular weight excluding hydrogens is 306 g/mol. The normalized spacial score (nSPS) is 11.4. The fourth-order valence-electron chi connectivity index (χ4n) is 2.48. The Hall–Kier alpha value is -2.86. The molecule has 2 heterocycles. The number of fused-ring (bicyclic) bond motifs is 1. The van der Waals surface area contributed by atoms with Crippen LogP contribution in [0.3, 0.4) is 0 Å². The first-order valence-corrected chi connectivity index (χ1v) is 7.73. The Labute approximate surface area is 139 Å². The summed E-state index contributed by atoms with van der Waals surface area (Å²) in [5.74, 6) is 1.90. The zero-order valence-electron chi connectivity index (χ0n) is 13.4. The van der Waals surface area contributed by atoms with Crippen molar-refractivity contribution >= 4 is 23.1 Å². The third kappa shape index (κ3) is 3.23. The van der Waals surface area contributed by atoms with Crippen molar-refractivity contribution in [3.63, 3.8) is 0 Å². The van der Waals surface area contributed by atoms with Gasteiger partial charge in [-0.15, -0.1) is 0 Å². The molecule has 0 unspecified atom stereocenters. The summed E-state index contributed by atoms with van der Waals surface area (Å²) in [5.41, 5.74) is 6.12. The van der Waals surface area contributed by atoms with E-state index in [0.717, 1.165) is 0 Å². The maximum atomic E-state index is 12.9. The van der Waals surface area contributed by atoms with Gasteiger partial charge >= 0.3 is 0 Å². The summed E-state index contributed by atoms with van der Waals surface area (Å²) >= 11 is 0. The van der Waals surface area contributed by atoms with E-state index in [4.69, 9.17) is 14.9 Å². The third-order valence-electron chi connectivity index (χ3n) is 3.72. The van der Waals surface area contributed by atoms with Crippen LogP contribution in [0.1, 0.15) is 18.0 Å². The number of rotatable bonds is 6. The molecule has 3 rings (SSSR count). The second-order valence-electron chi connectivity index (χ2n) is 5.30. The number of nitrogens with zero attached hydrogens (tertiary/aromatic N) is 2. The van der Waals surface area contributed by atoms with E-state index in [9.17, 15) is 4.79 Å². The Kier molecular flexibility index (Phi) is 4.77. The Morgan fingerprint density at radius 2 is 2.21 bits per heavy atom. The molecule has 3 aromatic rings. The first-order chi connectivity index (χ1) is 11.7. The Morgan fingerprint density at radius 1 is 1.33 bits per heavy atom. The lowest BCUT2D eigenvalue weighted by Crippen LogP contribution is -2.25. The second-order valence-corrected chi connectivity index (χ2v) is 5.30. The van der Waals surface area contributed by atoms with Crippen LogP contribution < -0.4 is 16.0 Å². The summed E-state index contributed by atoms with van der Waals surface area (Å²) in [6.45, 7) is 1.01. The molecule has 2 aromatic heterocycles. The summed E-state index contributed by atoms with van der Waals surface area (Å²) in [6, 6.07) is 8.93. The minimum atomic E-state index is -0.105. The summed E-state index contributed by atoms with van der Waals surface area (Å²) in [4.78, 5) is 17.5. The van der Waals surface area contributed by atoms with E-state index in [-0.39, 0.29) is 5.56 Å². The van der Waals surface area contributed by atoms with Gasteiger partial charge in [0.25, 0.3) is 5.56 Å². The van der Waals surface area contributed by atoms with Crippen LogP contribution in [-0.4, -0.2) is 23.2 Å². The van der Waals surface area contributed by atoms with E-state index in [1.165, 1.54) is 0 Å². The van der Waals surface area contributed by atoms with Crippen molar-refractivity contribution in [2.24, 2.45) is 5.73 Å². The van der Waals surface area contributed by atoms with Crippen LogP contribution in [-0.2, 0) is 6.54 Å². The minimum Gasteiger partial charge on any atom is -0.497 e. The first-order valence-electron chi connectivity index (χ1n) is 7.73. The molecule has 0 spiro atoms. The van der Waals surface area contributed by atoms with Gasteiger partial charge in [0.05, 0.1) is 24.3 Å². The number of aromatic nitrogens is 2. The highest BCUT2D eigenvalue weighted by atomic mass is 16.5. The molecule has 0 bridgehead atoms. The molecule has 0 fully saturated rings. The number of hydrogen-bond donors (Lipinski definition) is 1. The number of benzene rings is 1. The highest BCUT2D eigenvalue weighted by Crippen LogP contribution is 2.18. The fourth-order valence-corrected chi connectivity index (χ4v) is 2.48. The summed E-state index contributed by atoms with van der Waals surface area (Å²) in [5, 5.41) is 0.529. The van der Waals surface area contributed by atoms with Crippen molar-refractivity contribution in [3.8, 4) is 5.75 Å². The van der Waals surface area contributed by atoms with E-state index in [2.05, 4.69) is 4.98 Å². The molecule has 24 heavy (non-hydrogen) atoms. The minimum absolute atomic E-state index is 0.105. The Morgan fingerprint density at radius 3 is 2.92 bits per heavy atom. The molecule has 0 atom stereocenters. The molecule has 0 aliphatic rings. The van der Waals surface area contributed by atoms with E-state index < -0.39 is 0 Å². The maximum Gasteiger partial charge on any atom is 0.261 e. The van der Waals surface area contributed by atoms with Crippen molar-refractivity contribution in [3.05, 3.63) is 58.5 Å². The van der Waals surface area contributed by atoms with Crippen LogP contribution in [0, 0.1) is 0 Å². The SMILES string of the molecule is COc1ccc2nc(C=Cc3ccco3)n(CCCN)c(=O)c2c1. The molecule has 0 saturated heterocycles. The van der Waals surface area contributed by atoms with Gasteiger partial charge in [0.1, 0.15) is 17.3 Å². The number of methoxy groups -OCH3 is 1. The molecule has 0 amide bonds. The van der Waals surface area contributed by atoms with Crippen LogP contribution in [0.4, 0.5) is 0 Å². The summed E-state index contributed by atoms with van der Waals surface area (Å²) < 4.78 is 12.1. The lowest BCUT2D eigenvalue weighted by Gasteiger charge is -2.11. The Bertz CT molecular complexity index is 911. The van der Waals surface area contributed by atoms with Gasteiger partial charge in [-0.2, -0.15) is 0 Å². The van der Waals surface area contributed by atoms with E-state index >= 15 is 0 Å². The lowest BCUT2D eigenvalue weighted by atomic mass is 10.2. The van der Waals surface area contributed by atoms with Crippen LogP contribution >= 0.6 is 0 Å². The molecular formula is C18H19N3O3. The van der Waals surface area contributed by atoms with E-state index in [1.807, 2.05) is 6.07 Å². The number of nitrogens with two attached hydrogens (primary N) is 1. The van der Waals surface area contributed by atoms with Gasteiger partial charge in [-0.1, -0.05) is 0 Å². The largest absolute Gasteiger partial charge is 0.497 e. The zero-order chi connectivity index (χ0) is 16.9. The van der Waals surface area contributed by atoms with Crippen molar-refractivity contribution in [2.45, 2.75) is 13.0 Å². The van der Waals surface area contributed by atoms with Gasteiger partial charge < -0.3 is 14.9 Å². The van der Waals surface area contributed by atoms with Crippen LogP contribution in [0.15, 0.2) is 45.8 Å². The van der Waals surface area contributed by atoms with Crippen molar-refractivity contribution in [1.82, 2.24) is 9.55 Å². The van der Waals surface area contributed by atoms with Crippen molar-refractivity contribution in [2.75, 3.05) is 13.7 Å². The predicted molar refractivity (Wildman–Crippen MR) is 93.9 cm³/mol. The van der Waals surface area contributed by atoms with Gasteiger partial charge in [0.15, 0.2) is 0 Å². The molecule has 1 aromatic carbocycles. The number of furan rings is 1. The van der Waals surface area contributed by atoms with Gasteiger partial charge in [-0.05, 0) is 55.4 Å².